The van der Waals surface area contributed by atoms with Crippen LogP contribution in [0.15, 0.2) is 52.4 Å². The van der Waals surface area contributed by atoms with E-state index in [0.29, 0.717) is 16.9 Å². The SMILES string of the molecule is CCN(C1CCCCC1)S(=O)(=O)c1ccc(C(=O)N=c2sc3ccc([N+](=O)[O-])cc3n2C)cc1. The first-order valence-corrected chi connectivity index (χ1v) is 13.4. The number of non-ortho nitro benzene ring substituents is 1. The van der Waals surface area contributed by atoms with Crippen molar-refractivity contribution in [1.29, 1.82) is 0 Å². The zero-order valence-corrected chi connectivity index (χ0v) is 20.6. The number of aromatic nitrogens is 1. The molecular weight excluding hydrogens is 476 g/mol. The molecule has 1 aliphatic rings. The van der Waals surface area contributed by atoms with Crippen molar-refractivity contribution in [3.8, 4) is 0 Å². The molecule has 1 aromatic heterocycles. The summed E-state index contributed by atoms with van der Waals surface area (Å²) in [5.41, 5.74) is 0.836. The number of sulfonamides is 1. The molecule has 0 atom stereocenters. The Hall–Kier alpha value is -2.89. The van der Waals surface area contributed by atoms with E-state index in [1.54, 1.807) is 22.0 Å². The van der Waals surface area contributed by atoms with E-state index in [0.717, 1.165) is 36.8 Å². The van der Waals surface area contributed by atoms with Gasteiger partial charge in [0.15, 0.2) is 4.80 Å². The highest BCUT2D eigenvalue weighted by molar-refractivity contribution is 7.89. The number of amides is 1. The molecule has 180 valence electrons. The summed E-state index contributed by atoms with van der Waals surface area (Å²) in [6, 6.07) is 10.4. The van der Waals surface area contributed by atoms with Gasteiger partial charge in [-0.25, -0.2) is 8.42 Å². The number of hydrogen-bond donors (Lipinski definition) is 0. The Labute approximate surface area is 201 Å². The summed E-state index contributed by atoms with van der Waals surface area (Å²) in [6.45, 7) is 2.26. The van der Waals surface area contributed by atoms with Gasteiger partial charge in [0.1, 0.15) is 0 Å². The molecule has 1 fully saturated rings. The van der Waals surface area contributed by atoms with E-state index in [2.05, 4.69) is 4.99 Å². The van der Waals surface area contributed by atoms with Crippen LogP contribution in [0.5, 0.6) is 0 Å². The Kier molecular flexibility index (Phi) is 6.96. The molecule has 34 heavy (non-hydrogen) atoms. The quantitative estimate of drug-likeness (QED) is 0.369. The van der Waals surface area contributed by atoms with Crippen LogP contribution in [0.1, 0.15) is 49.4 Å². The van der Waals surface area contributed by atoms with Gasteiger partial charge in [0.2, 0.25) is 10.0 Å². The normalized spacial score (nSPS) is 15.8. The second kappa shape index (κ2) is 9.77. The van der Waals surface area contributed by atoms with Crippen molar-refractivity contribution < 1.29 is 18.1 Å². The molecule has 0 radical (unpaired) electrons. The molecule has 0 aliphatic heterocycles. The van der Waals surface area contributed by atoms with Gasteiger partial charge in [0, 0.05) is 37.3 Å². The van der Waals surface area contributed by atoms with Crippen LogP contribution in [-0.4, -0.2) is 40.7 Å². The molecule has 9 nitrogen and oxygen atoms in total. The van der Waals surface area contributed by atoms with Crippen molar-refractivity contribution in [1.82, 2.24) is 8.87 Å². The third-order valence-electron chi connectivity index (χ3n) is 6.20. The zero-order chi connectivity index (χ0) is 24.5. The van der Waals surface area contributed by atoms with E-state index in [1.807, 2.05) is 6.92 Å². The molecule has 2 aromatic carbocycles. The molecule has 0 N–H and O–H groups in total. The Bertz CT molecular complexity index is 1400. The van der Waals surface area contributed by atoms with Gasteiger partial charge in [-0.1, -0.05) is 37.5 Å². The van der Waals surface area contributed by atoms with Crippen LogP contribution in [0, 0.1) is 10.1 Å². The predicted molar refractivity (Wildman–Crippen MR) is 130 cm³/mol. The van der Waals surface area contributed by atoms with Gasteiger partial charge in [-0.15, -0.1) is 0 Å². The van der Waals surface area contributed by atoms with Gasteiger partial charge in [-0.2, -0.15) is 9.30 Å². The smallest absolute Gasteiger partial charge is 0.279 e. The lowest BCUT2D eigenvalue weighted by atomic mass is 9.95. The second-order valence-electron chi connectivity index (χ2n) is 8.29. The van der Waals surface area contributed by atoms with Crippen LogP contribution in [-0.2, 0) is 17.1 Å². The summed E-state index contributed by atoms with van der Waals surface area (Å²) in [5, 5.41) is 11.1. The molecule has 0 saturated heterocycles. The maximum Gasteiger partial charge on any atom is 0.279 e. The highest BCUT2D eigenvalue weighted by Crippen LogP contribution is 2.28. The number of benzene rings is 2. The number of carbonyl (C=O) groups excluding carboxylic acids is 1. The first-order chi connectivity index (χ1) is 16.2. The molecule has 1 saturated carbocycles. The lowest BCUT2D eigenvalue weighted by molar-refractivity contribution is -0.384. The van der Waals surface area contributed by atoms with E-state index in [4.69, 9.17) is 0 Å². The molecule has 3 aromatic rings. The summed E-state index contributed by atoms with van der Waals surface area (Å²) < 4.78 is 30.4. The van der Waals surface area contributed by atoms with Crippen molar-refractivity contribution in [3.05, 3.63) is 62.9 Å². The maximum atomic E-state index is 13.2. The van der Waals surface area contributed by atoms with E-state index >= 15 is 0 Å². The molecule has 4 rings (SSSR count). The molecule has 0 bridgehead atoms. The van der Waals surface area contributed by atoms with Crippen LogP contribution < -0.4 is 4.80 Å². The number of aryl methyl sites for hydroxylation is 1. The van der Waals surface area contributed by atoms with Crippen LogP contribution in [0.2, 0.25) is 0 Å². The van der Waals surface area contributed by atoms with Crippen LogP contribution in [0.4, 0.5) is 5.69 Å². The van der Waals surface area contributed by atoms with Crippen molar-refractivity contribution >= 4 is 43.2 Å². The summed E-state index contributed by atoms with van der Waals surface area (Å²) in [6.07, 6.45) is 4.96. The van der Waals surface area contributed by atoms with Gasteiger partial charge in [-0.05, 0) is 43.2 Å². The monoisotopic (exact) mass is 502 g/mol. The summed E-state index contributed by atoms with van der Waals surface area (Å²) >= 11 is 1.25. The van der Waals surface area contributed by atoms with Crippen LogP contribution >= 0.6 is 11.3 Å². The van der Waals surface area contributed by atoms with Crippen molar-refractivity contribution in [3.63, 3.8) is 0 Å². The van der Waals surface area contributed by atoms with E-state index in [1.165, 1.54) is 47.7 Å². The van der Waals surface area contributed by atoms with Gasteiger partial charge in [0.05, 0.1) is 20.0 Å². The first-order valence-electron chi connectivity index (χ1n) is 11.2. The Morgan fingerprint density at radius 3 is 2.47 bits per heavy atom. The van der Waals surface area contributed by atoms with Gasteiger partial charge >= 0.3 is 0 Å². The molecule has 1 aliphatic carbocycles. The fraction of sp³-hybridized carbons (Fsp3) is 0.391. The highest BCUT2D eigenvalue weighted by Gasteiger charge is 2.31. The minimum Gasteiger partial charge on any atom is -0.319 e. The number of rotatable bonds is 6. The fourth-order valence-corrected chi connectivity index (χ4v) is 7.08. The van der Waals surface area contributed by atoms with Gasteiger partial charge in [0.25, 0.3) is 11.6 Å². The molecule has 0 unspecified atom stereocenters. The summed E-state index contributed by atoms with van der Waals surface area (Å²) in [4.78, 5) is 28.1. The Balaban J connectivity index is 1.60. The number of carbonyl (C=O) groups is 1. The number of fused-ring (bicyclic) bond motifs is 1. The number of nitro benzene ring substituents is 1. The van der Waals surface area contributed by atoms with Crippen LogP contribution in [0.3, 0.4) is 0 Å². The topological polar surface area (TPSA) is 115 Å². The number of thiazole rings is 1. The first kappa shape index (κ1) is 24.2. The summed E-state index contributed by atoms with van der Waals surface area (Å²) in [7, 11) is -1.96. The molecule has 1 heterocycles. The average molecular weight is 503 g/mol. The minimum absolute atomic E-state index is 0.0174. The van der Waals surface area contributed by atoms with E-state index in [9.17, 15) is 23.3 Å². The summed E-state index contributed by atoms with van der Waals surface area (Å²) in [5.74, 6) is -0.514. The zero-order valence-electron chi connectivity index (χ0n) is 19.0. The fourth-order valence-electron chi connectivity index (χ4n) is 4.39. The molecule has 11 heteroatoms. The lowest BCUT2D eigenvalue weighted by Gasteiger charge is -2.32. The third kappa shape index (κ3) is 4.68. The van der Waals surface area contributed by atoms with Crippen molar-refractivity contribution in [2.75, 3.05) is 6.54 Å². The standard InChI is InChI=1S/C23H26N4O5S2/c1-3-26(17-7-5-4-6-8-17)34(31,32)19-12-9-16(10-13-19)22(28)24-23-25(2)20-15-18(27(29)30)11-14-21(20)33-23/h9-15,17H,3-8H2,1-2H3. The largest absolute Gasteiger partial charge is 0.319 e. The Morgan fingerprint density at radius 2 is 1.85 bits per heavy atom. The minimum atomic E-state index is -3.65. The third-order valence-corrected chi connectivity index (χ3v) is 9.36. The number of nitro groups is 1. The number of nitrogens with zero attached hydrogens (tertiary/aromatic N) is 4. The molecule has 0 spiro atoms. The predicted octanol–water partition coefficient (Wildman–Crippen LogP) is 4.23. The highest BCUT2D eigenvalue weighted by atomic mass is 32.2. The van der Waals surface area contributed by atoms with E-state index < -0.39 is 20.9 Å². The lowest BCUT2D eigenvalue weighted by Crippen LogP contribution is -2.41. The van der Waals surface area contributed by atoms with Crippen LogP contribution in [0.25, 0.3) is 10.2 Å². The van der Waals surface area contributed by atoms with Crippen molar-refractivity contribution in [2.45, 2.75) is 50.0 Å². The van der Waals surface area contributed by atoms with Gasteiger partial charge < -0.3 is 4.57 Å². The second-order valence-corrected chi connectivity index (χ2v) is 11.2. The van der Waals surface area contributed by atoms with Crippen molar-refractivity contribution in [2.24, 2.45) is 12.0 Å². The average Bonchev–Trinajstić information content (AvgIpc) is 3.14. The molecule has 1 amide bonds. The Morgan fingerprint density at radius 1 is 1.18 bits per heavy atom. The maximum absolute atomic E-state index is 13.2. The van der Waals surface area contributed by atoms with E-state index in [-0.39, 0.29) is 22.2 Å². The van der Waals surface area contributed by atoms with Gasteiger partial charge in [-0.3, -0.25) is 14.9 Å². The number of hydrogen-bond acceptors (Lipinski definition) is 6. The molecular formula is C23H26N4O5S2.